The number of nitrogens with zero attached hydrogens (tertiary/aromatic N) is 3. The van der Waals surface area contributed by atoms with E-state index in [-0.39, 0.29) is 6.61 Å². The molecule has 0 unspecified atom stereocenters. The molecule has 1 amide bonds. The van der Waals surface area contributed by atoms with Crippen LogP contribution in [-0.4, -0.2) is 63.1 Å². The highest BCUT2D eigenvalue weighted by Gasteiger charge is 2.20. The van der Waals surface area contributed by atoms with Crippen molar-refractivity contribution in [1.82, 2.24) is 10.2 Å². The van der Waals surface area contributed by atoms with Crippen molar-refractivity contribution in [2.45, 2.75) is 6.42 Å². The van der Waals surface area contributed by atoms with Gasteiger partial charge in [-0.25, -0.2) is 0 Å². The molecule has 3 N–H and O–H groups in total. The second kappa shape index (κ2) is 9.98. The number of benzene rings is 1. The third-order valence-electron chi connectivity index (χ3n) is 4.61. The summed E-state index contributed by atoms with van der Waals surface area (Å²) in [6.45, 7) is 4.64. The number of thiophene rings is 1. The first-order valence-electron chi connectivity index (χ1n) is 9.40. The van der Waals surface area contributed by atoms with E-state index in [1.165, 1.54) is 10.6 Å². The van der Waals surface area contributed by atoms with Gasteiger partial charge in [-0.15, -0.1) is 11.3 Å². The lowest BCUT2D eigenvalue weighted by molar-refractivity contribution is -0.119. The zero-order valence-electron chi connectivity index (χ0n) is 16.1. The van der Waals surface area contributed by atoms with Crippen LogP contribution in [-0.2, 0) is 11.2 Å². The Morgan fingerprint density at radius 2 is 1.96 bits per heavy atom. The van der Waals surface area contributed by atoms with Crippen molar-refractivity contribution in [3.05, 3.63) is 47.3 Å². The summed E-state index contributed by atoms with van der Waals surface area (Å²) in [6, 6.07) is 12.0. The van der Waals surface area contributed by atoms with E-state index in [0.717, 1.165) is 45.1 Å². The summed E-state index contributed by atoms with van der Waals surface area (Å²) < 4.78 is 5.28. The molecule has 1 aliphatic heterocycles. The third-order valence-corrected chi connectivity index (χ3v) is 5.54. The van der Waals surface area contributed by atoms with Crippen LogP contribution in [0.2, 0.25) is 0 Å². The van der Waals surface area contributed by atoms with Crippen molar-refractivity contribution in [2.75, 3.05) is 51.3 Å². The molecule has 150 valence electrons. The third kappa shape index (κ3) is 5.63. The molecule has 28 heavy (non-hydrogen) atoms. The lowest BCUT2D eigenvalue weighted by atomic mass is 10.1. The molecule has 2 aromatic rings. The average molecular weight is 402 g/mol. The highest BCUT2D eigenvalue weighted by Crippen LogP contribution is 2.22. The zero-order valence-corrected chi connectivity index (χ0v) is 17.0. The minimum atomic E-state index is -0.476. The van der Waals surface area contributed by atoms with Gasteiger partial charge in [0.05, 0.1) is 5.00 Å². The molecule has 0 spiro atoms. The maximum absolute atomic E-state index is 10.8. The van der Waals surface area contributed by atoms with E-state index < -0.39 is 5.91 Å². The number of nitrogens with two attached hydrogens (primary N) is 1. The Morgan fingerprint density at radius 3 is 2.57 bits per heavy atom. The standard InChI is InChI=1S/C20H27N5O2S/c1-22-20(25-12-10-24(11-13-25)19-3-2-14-28-19)23-9-8-16-4-6-17(7-5-16)27-15-18(21)26/h2-7,14H,8-13,15H2,1H3,(H2,21,26)(H,22,23). The summed E-state index contributed by atoms with van der Waals surface area (Å²) in [7, 11) is 1.83. The van der Waals surface area contributed by atoms with E-state index >= 15 is 0 Å². The Hall–Kier alpha value is -2.74. The number of anilines is 1. The van der Waals surface area contributed by atoms with E-state index in [2.05, 4.69) is 37.6 Å². The van der Waals surface area contributed by atoms with Gasteiger partial charge in [-0.1, -0.05) is 12.1 Å². The molecule has 2 heterocycles. The number of ether oxygens (including phenoxy) is 1. The number of guanidine groups is 1. The van der Waals surface area contributed by atoms with Crippen LogP contribution in [0.25, 0.3) is 0 Å². The fourth-order valence-corrected chi connectivity index (χ4v) is 3.93. The molecule has 1 aromatic carbocycles. The normalized spacial score (nSPS) is 14.8. The minimum Gasteiger partial charge on any atom is -0.484 e. The number of hydrogen-bond donors (Lipinski definition) is 2. The van der Waals surface area contributed by atoms with Gasteiger partial charge in [-0.3, -0.25) is 9.79 Å². The van der Waals surface area contributed by atoms with Crippen molar-refractivity contribution in [2.24, 2.45) is 10.7 Å². The molecule has 3 rings (SSSR count). The van der Waals surface area contributed by atoms with Crippen LogP contribution in [0, 0.1) is 0 Å². The quantitative estimate of drug-likeness (QED) is 0.543. The number of primary amides is 1. The fraction of sp³-hybridized carbons (Fsp3) is 0.400. The first kappa shape index (κ1) is 20.0. The molecule has 1 aliphatic rings. The summed E-state index contributed by atoms with van der Waals surface area (Å²) in [5.74, 6) is 1.12. The van der Waals surface area contributed by atoms with Crippen LogP contribution < -0.4 is 20.7 Å². The number of amides is 1. The maximum Gasteiger partial charge on any atom is 0.255 e. The molecule has 1 aromatic heterocycles. The van der Waals surface area contributed by atoms with E-state index in [4.69, 9.17) is 10.5 Å². The minimum absolute atomic E-state index is 0.100. The SMILES string of the molecule is CN=C(NCCc1ccc(OCC(N)=O)cc1)N1CCN(c2cccs2)CC1. The number of carbonyl (C=O) groups excluding carboxylic acids is 1. The summed E-state index contributed by atoms with van der Waals surface area (Å²) >= 11 is 1.79. The van der Waals surface area contributed by atoms with Gasteiger partial charge in [0.25, 0.3) is 5.91 Å². The first-order valence-corrected chi connectivity index (χ1v) is 10.3. The number of nitrogens with one attached hydrogen (secondary N) is 1. The number of piperazine rings is 1. The summed E-state index contributed by atoms with van der Waals surface area (Å²) in [5.41, 5.74) is 6.27. The van der Waals surface area contributed by atoms with Crippen LogP contribution in [0.4, 0.5) is 5.00 Å². The molecule has 0 bridgehead atoms. The van der Waals surface area contributed by atoms with E-state index in [9.17, 15) is 4.79 Å². The predicted octanol–water partition coefficient (Wildman–Crippen LogP) is 1.55. The molecular weight excluding hydrogens is 374 g/mol. The Kier molecular flexibility index (Phi) is 7.13. The van der Waals surface area contributed by atoms with Gasteiger partial charge in [0.2, 0.25) is 0 Å². The van der Waals surface area contributed by atoms with Gasteiger partial charge in [-0.2, -0.15) is 0 Å². The van der Waals surface area contributed by atoms with Gasteiger partial charge in [0, 0.05) is 39.8 Å². The maximum atomic E-state index is 10.8. The number of hydrogen-bond acceptors (Lipinski definition) is 5. The van der Waals surface area contributed by atoms with E-state index in [0.29, 0.717) is 5.75 Å². The molecule has 0 aliphatic carbocycles. The Balaban J connectivity index is 1.41. The Bertz CT molecular complexity index is 768. The van der Waals surface area contributed by atoms with E-state index in [1.54, 1.807) is 11.3 Å². The molecule has 1 fully saturated rings. The molecule has 0 saturated carbocycles. The number of rotatable bonds is 7. The van der Waals surface area contributed by atoms with Crippen molar-refractivity contribution in [3.8, 4) is 5.75 Å². The van der Waals surface area contributed by atoms with Gasteiger partial charge >= 0.3 is 0 Å². The van der Waals surface area contributed by atoms with Crippen molar-refractivity contribution in [3.63, 3.8) is 0 Å². The molecule has 8 heteroatoms. The number of carbonyl (C=O) groups is 1. The second-order valence-electron chi connectivity index (χ2n) is 6.55. The smallest absolute Gasteiger partial charge is 0.255 e. The average Bonchev–Trinajstić information content (AvgIpc) is 3.26. The van der Waals surface area contributed by atoms with Gasteiger partial charge in [0.1, 0.15) is 5.75 Å². The van der Waals surface area contributed by atoms with Gasteiger partial charge in [0.15, 0.2) is 12.6 Å². The molecule has 0 atom stereocenters. The summed E-state index contributed by atoms with van der Waals surface area (Å²) in [4.78, 5) is 19.9. The largest absolute Gasteiger partial charge is 0.484 e. The van der Waals surface area contributed by atoms with Crippen LogP contribution in [0.5, 0.6) is 5.75 Å². The van der Waals surface area contributed by atoms with Crippen LogP contribution in [0.15, 0.2) is 46.8 Å². The van der Waals surface area contributed by atoms with E-state index in [1.807, 2.05) is 31.3 Å². The van der Waals surface area contributed by atoms with Crippen molar-refractivity contribution >= 4 is 28.2 Å². The molecular formula is C20H27N5O2S. The lowest BCUT2D eigenvalue weighted by Crippen LogP contribution is -2.52. The Morgan fingerprint density at radius 1 is 1.21 bits per heavy atom. The lowest BCUT2D eigenvalue weighted by Gasteiger charge is -2.37. The second-order valence-corrected chi connectivity index (χ2v) is 7.47. The monoisotopic (exact) mass is 401 g/mol. The van der Waals surface area contributed by atoms with Crippen LogP contribution >= 0.6 is 11.3 Å². The Labute approximate surface area is 169 Å². The van der Waals surface area contributed by atoms with Gasteiger partial charge in [-0.05, 0) is 41.6 Å². The summed E-state index contributed by atoms with van der Waals surface area (Å²) in [6.07, 6.45) is 0.879. The van der Waals surface area contributed by atoms with Crippen LogP contribution in [0.1, 0.15) is 5.56 Å². The van der Waals surface area contributed by atoms with Crippen LogP contribution in [0.3, 0.4) is 0 Å². The van der Waals surface area contributed by atoms with Crippen molar-refractivity contribution in [1.29, 1.82) is 0 Å². The topological polar surface area (TPSA) is 83.2 Å². The zero-order chi connectivity index (χ0) is 19.8. The first-order chi connectivity index (χ1) is 13.7. The summed E-state index contributed by atoms with van der Waals surface area (Å²) in [5, 5.41) is 6.92. The molecule has 1 saturated heterocycles. The fourth-order valence-electron chi connectivity index (χ4n) is 3.15. The van der Waals surface area contributed by atoms with Gasteiger partial charge < -0.3 is 25.6 Å². The predicted molar refractivity (Wildman–Crippen MR) is 114 cm³/mol. The highest BCUT2D eigenvalue weighted by molar-refractivity contribution is 7.14. The molecule has 7 nitrogen and oxygen atoms in total. The van der Waals surface area contributed by atoms with Crippen molar-refractivity contribution < 1.29 is 9.53 Å². The number of aliphatic imine (C=N–C) groups is 1. The highest BCUT2D eigenvalue weighted by atomic mass is 32.1. The molecule has 0 radical (unpaired) electrons.